The molecule has 1 aromatic rings. The summed E-state index contributed by atoms with van der Waals surface area (Å²) in [6, 6.07) is 7.43. The lowest BCUT2D eigenvalue weighted by Crippen LogP contribution is -2.50. The third-order valence-corrected chi connectivity index (χ3v) is 7.43. The van der Waals surface area contributed by atoms with Gasteiger partial charge in [0, 0.05) is 36.8 Å². The van der Waals surface area contributed by atoms with Crippen molar-refractivity contribution in [2.24, 2.45) is 0 Å². The Labute approximate surface area is 168 Å². The maximum atomic E-state index is 13.1. The Balaban J connectivity index is 1.67. The van der Waals surface area contributed by atoms with Crippen molar-refractivity contribution in [1.82, 2.24) is 15.8 Å². The van der Waals surface area contributed by atoms with E-state index in [1.165, 1.54) is 0 Å². The summed E-state index contributed by atoms with van der Waals surface area (Å²) < 4.78 is 29.9. The van der Waals surface area contributed by atoms with Crippen LogP contribution in [0.5, 0.6) is 0 Å². The third kappa shape index (κ3) is 5.29. The number of hydrazine groups is 1. The normalized spacial score (nSPS) is 27.0. The van der Waals surface area contributed by atoms with Crippen LogP contribution >= 0.6 is 15.9 Å². The number of ether oxygens (including phenoxy) is 1. The van der Waals surface area contributed by atoms with Gasteiger partial charge in [-0.2, -0.15) is 0 Å². The summed E-state index contributed by atoms with van der Waals surface area (Å²) in [6.45, 7) is 1.05. The van der Waals surface area contributed by atoms with E-state index in [1.54, 1.807) is 12.0 Å². The zero-order chi connectivity index (χ0) is 19.4. The van der Waals surface area contributed by atoms with Crippen molar-refractivity contribution in [2.45, 2.75) is 37.4 Å². The molecule has 7 nitrogen and oxygen atoms in total. The van der Waals surface area contributed by atoms with Gasteiger partial charge in [0.05, 0.1) is 11.5 Å². The van der Waals surface area contributed by atoms with E-state index in [9.17, 15) is 13.2 Å². The summed E-state index contributed by atoms with van der Waals surface area (Å²) in [4.78, 5) is 14.9. The molecule has 3 atom stereocenters. The number of sulfone groups is 1. The van der Waals surface area contributed by atoms with Crippen molar-refractivity contribution in [2.75, 3.05) is 31.8 Å². The minimum atomic E-state index is -3.05. The lowest BCUT2D eigenvalue weighted by Gasteiger charge is -2.30. The van der Waals surface area contributed by atoms with Crippen LogP contribution in [-0.4, -0.2) is 63.1 Å². The van der Waals surface area contributed by atoms with Crippen LogP contribution in [0.25, 0.3) is 0 Å². The van der Waals surface area contributed by atoms with Gasteiger partial charge in [0.25, 0.3) is 0 Å². The molecule has 1 amide bonds. The first-order valence-corrected chi connectivity index (χ1v) is 11.8. The maximum absolute atomic E-state index is 13.1. The second kappa shape index (κ2) is 9.00. The fourth-order valence-corrected chi connectivity index (χ4v) is 5.70. The molecule has 2 fully saturated rings. The molecule has 9 heteroatoms. The van der Waals surface area contributed by atoms with Gasteiger partial charge < -0.3 is 9.64 Å². The number of methoxy groups -OCH3 is 1. The Morgan fingerprint density at radius 1 is 1.30 bits per heavy atom. The lowest BCUT2D eigenvalue weighted by molar-refractivity contribution is -0.135. The molecule has 2 heterocycles. The molecule has 2 saturated heterocycles. The Hall–Kier alpha value is -1.00. The molecule has 0 bridgehead atoms. The van der Waals surface area contributed by atoms with E-state index < -0.39 is 9.84 Å². The quantitative estimate of drug-likeness (QED) is 0.599. The van der Waals surface area contributed by atoms with Crippen molar-refractivity contribution in [3.8, 4) is 0 Å². The summed E-state index contributed by atoms with van der Waals surface area (Å²) in [5.41, 5.74) is 7.40. The minimum Gasteiger partial charge on any atom is -0.385 e. The molecule has 27 heavy (non-hydrogen) atoms. The first-order chi connectivity index (χ1) is 12.9. The maximum Gasteiger partial charge on any atom is 0.241 e. The molecule has 2 aliphatic rings. The standard InChI is InChI=1S/C18H26BrN3O4S/c1-26-9-2-8-22(15-7-10-27(24,25)12-15)18(23)17-11-16(20-21-17)13-3-5-14(19)6-4-13/h3-6,15-17,20-21H,2,7-12H2,1H3. The van der Waals surface area contributed by atoms with Crippen LogP contribution in [0.1, 0.15) is 30.9 Å². The molecule has 0 aromatic heterocycles. The lowest BCUT2D eigenvalue weighted by atomic mass is 10.0. The fraction of sp³-hybridized carbons (Fsp3) is 0.611. The number of carbonyl (C=O) groups is 1. The number of rotatable bonds is 7. The molecule has 1 aromatic carbocycles. The number of hydrogen-bond donors (Lipinski definition) is 2. The minimum absolute atomic E-state index is 0.0414. The number of amides is 1. The van der Waals surface area contributed by atoms with E-state index in [4.69, 9.17) is 4.74 Å². The van der Waals surface area contributed by atoms with Crippen molar-refractivity contribution in [1.29, 1.82) is 0 Å². The third-order valence-electron chi connectivity index (χ3n) is 5.15. The van der Waals surface area contributed by atoms with E-state index in [0.29, 0.717) is 32.4 Å². The fourth-order valence-electron chi connectivity index (χ4n) is 3.71. The van der Waals surface area contributed by atoms with Gasteiger partial charge in [-0.15, -0.1) is 0 Å². The van der Waals surface area contributed by atoms with Crippen LogP contribution in [0, 0.1) is 0 Å². The summed E-state index contributed by atoms with van der Waals surface area (Å²) >= 11 is 3.43. The van der Waals surface area contributed by atoms with Gasteiger partial charge in [0.15, 0.2) is 9.84 Å². The summed E-state index contributed by atoms with van der Waals surface area (Å²) in [5, 5.41) is 0. The van der Waals surface area contributed by atoms with Crippen LogP contribution in [0.4, 0.5) is 0 Å². The molecule has 150 valence electrons. The number of halogens is 1. The Bertz CT molecular complexity index is 756. The van der Waals surface area contributed by atoms with E-state index in [2.05, 4.69) is 26.8 Å². The molecule has 2 aliphatic heterocycles. The SMILES string of the molecule is COCCCN(C(=O)C1CC(c2ccc(Br)cc2)NN1)C1CCS(=O)(=O)C1. The second-order valence-electron chi connectivity index (χ2n) is 7.12. The zero-order valence-electron chi connectivity index (χ0n) is 15.4. The number of benzene rings is 1. The van der Waals surface area contributed by atoms with Crippen molar-refractivity contribution >= 4 is 31.7 Å². The van der Waals surface area contributed by atoms with E-state index in [0.717, 1.165) is 10.0 Å². The van der Waals surface area contributed by atoms with Crippen LogP contribution in [-0.2, 0) is 19.4 Å². The van der Waals surface area contributed by atoms with Crippen LogP contribution in [0.2, 0.25) is 0 Å². The van der Waals surface area contributed by atoms with Crippen LogP contribution in [0.15, 0.2) is 28.7 Å². The number of nitrogens with zero attached hydrogens (tertiary/aromatic N) is 1. The highest BCUT2D eigenvalue weighted by Gasteiger charge is 2.39. The predicted octanol–water partition coefficient (Wildman–Crippen LogP) is 1.41. The van der Waals surface area contributed by atoms with Gasteiger partial charge >= 0.3 is 0 Å². The van der Waals surface area contributed by atoms with Gasteiger partial charge in [0.1, 0.15) is 6.04 Å². The Morgan fingerprint density at radius 2 is 2.04 bits per heavy atom. The summed E-state index contributed by atoms with van der Waals surface area (Å²) in [7, 11) is -1.43. The number of carbonyl (C=O) groups excluding carboxylic acids is 1. The smallest absolute Gasteiger partial charge is 0.241 e. The summed E-state index contributed by atoms with van der Waals surface area (Å²) in [5.74, 6) is 0.173. The van der Waals surface area contributed by atoms with Gasteiger partial charge in [-0.1, -0.05) is 28.1 Å². The van der Waals surface area contributed by atoms with Crippen LogP contribution in [0.3, 0.4) is 0 Å². The van der Waals surface area contributed by atoms with Crippen molar-refractivity contribution < 1.29 is 17.9 Å². The molecule has 0 aliphatic carbocycles. The topological polar surface area (TPSA) is 87.7 Å². The number of nitrogens with one attached hydrogen (secondary N) is 2. The van der Waals surface area contributed by atoms with E-state index in [1.807, 2.05) is 24.3 Å². The average molecular weight is 460 g/mol. The monoisotopic (exact) mass is 459 g/mol. The van der Waals surface area contributed by atoms with E-state index >= 15 is 0 Å². The van der Waals surface area contributed by atoms with Crippen LogP contribution < -0.4 is 10.9 Å². The average Bonchev–Trinajstić information content (AvgIpc) is 3.26. The van der Waals surface area contributed by atoms with Gasteiger partial charge in [-0.3, -0.25) is 4.79 Å². The van der Waals surface area contributed by atoms with E-state index in [-0.39, 0.29) is 35.5 Å². The second-order valence-corrected chi connectivity index (χ2v) is 10.3. The highest BCUT2D eigenvalue weighted by Crippen LogP contribution is 2.26. The van der Waals surface area contributed by atoms with Gasteiger partial charge in [-0.05, 0) is 37.0 Å². The Kier molecular flexibility index (Phi) is 6.91. The van der Waals surface area contributed by atoms with Gasteiger partial charge in [0.2, 0.25) is 5.91 Å². The molecule has 0 spiro atoms. The first kappa shape index (κ1) is 20.7. The highest BCUT2D eigenvalue weighted by molar-refractivity contribution is 9.10. The van der Waals surface area contributed by atoms with Gasteiger partial charge in [-0.25, -0.2) is 19.3 Å². The predicted molar refractivity (Wildman–Crippen MR) is 107 cm³/mol. The molecule has 3 unspecified atom stereocenters. The molecule has 2 N–H and O–H groups in total. The summed E-state index contributed by atoms with van der Waals surface area (Å²) in [6.07, 6.45) is 1.83. The highest BCUT2D eigenvalue weighted by atomic mass is 79.9. The molecular formula is C18H26BrN3O4S. The van der Waals surface area contributed by atoms with Crippen molar-refractivity contribution in [3.05, 3.63) is 34.3 Å². The molecule has 3 rings (SSSR count). The first-order valence-electron chi connectivity index (χ1n) is 9.16. The largest absolute Gasteiger partial charge is 0.385 e. The molecule has 0 radical (unpaired) electrons. The number of hydrogen-bond acceptors (Lipinski definition) is 6. The Morgan fingerprint density at radius 3 is 2.67 bits per heavy atom. The van der Waals surface area contributed by atoms with Crippen molar-refractivity contribution in [3.63, 3.8) is 0 Å². The molecule has 0 saturated carbocycles. The molecular weight excluding hydrogens is 434 g/mol. The zero-order valence-corrected chi connectivity index (χ0v) is 17.8.